The highest BCUT2D eigenvalue weighted by atomic mass is 32.2. The predicted molar refractivity (Wildman–Crippen MR) is 125 cm³/mol. The van der Waals surface area contributed by atoms with Crippen LogP contribution in [0, 0.1) is 11.8 Å². The second kappa shape index (κ2) is 10.7. The number of carbonyl (C=O) groups excluding carboxylic acids is 3. The summed E-state index contributed by atoms with van der Waals surface area (Å²) in [6, 6.07) is 13.8. The number of thioether (sulfide) groups is 1. The van der Waals surface area contributed by atoms with Crippen molar-refractivity contribution in [3.63, 3.8) is 0 Å². The van der Waals surface area contributed by atoms with E-state index in [1.807, 2.05) is 36.4 Å². The quantitative estimate of drug-likeness (QED) is 0.448. The van der Waals surface area contributed by atoms with Gasteiger partial charge in [-0.15, -0.1) is 11.8 Å². The van der Waals surface area contributed by atoms with E-state index in [0.29, 0.717) is 11.7 Å². The summed E-state index contributed by atoms with van der Waals surface area (Å²) in [6.45, 7) is 4.22. The van der Waals surface area contributed by atoms with E-state index in [4.69, 9.17) is 0 Å². The van der Waals surface area contributed by atoms with Gasteiger partial charge in [0.05, 0.1) is 5.92 Å². The first-order valence-electron chi connectivity index (χ1n) is 10.9. The largest absolute Gasteiger partial charge is 0.508 e. The van der Waals surface area contributed by atoms with Crippen molar-refractivity contribution in [1.29, 1.82) is 0 Å². The highest BCUT2D eigenvalue weighted by Gasteiger charge is 2.44. The lowest BCUT2D eigenvalue weighted by Crippen LogP contribution is -2.50. The molecule has 2 aromatic carbocycles. The number of rotatable bonds is 9. The molecule has 3 amide bonds. The summed E-state index contributed by atoms with van der Waals surface area (Å²) in [5.74, 6) is -0.333. The van der Waals surface area contributed by atoms with Gasteiger partial charge in [0, 0.05) is 30.5 Å². The summed E-state index contributed by atoms with van der Waals surface area (Å²) in [6.07, 6.45) is 1.20. The molecule has 1 fully saturated rings. The third-order valence-electron chi connectivity index (χ3n) is 5.52. The average molecular weight is 455 g/mol. The minimum Gasteiger partial charge on any atom is -0.508 e. The summed E-state index contributed by atoms with van der Waals surface area (Å²) < 4.78 is 0. The van der Waals surface area contributed by atoms with E-state index in [0.717, 1.165) is 27.3 Å². The molecule has 1 aliphatic heterocycles. The lowest BCUT2D eigenvalue weighted by atomic mass is 10.0. The summed E-state index contributed by atoms with van der Waals surface area (Å²) >= 11 is 1.52. The van der Waals surface area contributed by atoms with E-state index in [1.165, 1.54) is 18.8 Å². The molecule has 170 valence electrons. The topological polar surface area (TPSA) is 86.7 Å². The Bertz CT molecular complexity index is 977. The van der Waals surface area contributed by atoms with Crippen molar-refractivity contribution in [3.05, 3.63) is 59.7 Å². The molecule has 0 unspecified atom stereocenters. The zero-order valence-corrected chi connectivity index (χ0v) is 19.5. The van der Waals surface area contributed by atoms with Crippen LogP contribution in [0.15, 0.2) is 53.4 Å². The number of likely N-dealkylation sites (tertiary alicyclic amines) is 1. The molecular formula is C25H30N2O4S. The first-order chi connectivity index (χ1) is 15.3. The van der Waals surface area contributed by atoms with Gasteiger partial charge in [-0.25, -0.2) is 0 Å². The number of hydrogen-bond acceptors (Lipinski definition) is 5. The number of benzene rings is 2. The summed E-state index contributed by atoms with van der Waals surface area (Å²) in [5.41, 5.74) is 1.92. The number of phenolic OH excluding ortho intramolecular Hbond substituents is 1. The van der Waals surface area contributed by atoms with Crippen LogP contribution in [0.2, 0.25) is 0 Å². The van der Waals surface area contributed by atoms with Crippen LogP contribution in [-0.2, 0) is 27.2 Å². The maximum absolute atomic E-state index is 13.2. The molecule has 32 heavy (non-hydrogen) atoms. The Balaban J connectivity index is 1.74. The molecule has 1 heterocycles. The highest BCUT2D eigenvalue weighted by molar-refractivity contribution is 7.99. The van der Waals surface area contributed by atoms with E-state index in [-0.39, 0.29) is 36.3 Å². The molecule has 2 aromatic rings. The van der Waals surface area contributed by atoms with Gasteiger partial charge in [-0.2, -0.15) is 0 Å². The van der Waals surface area contributed by atoms with Gasteiger partial charge in [0.1, 0.15) is 11.8 Å². The van der Waals surface area contributed by atoms with Crippen LogP contribution in [0.3, 0.4) is 0 Å². The highest BCUT2D eigenvalue weighted by Crippen LogP contribution is 2.33. The van der Waals surface area contributed by atoms with Gasteiger partial charge in [-0.3, -0.25) is 19.3 Å². The second-order valence-corrected chi connectivity index (χ2v) is 9.59. The van der Waals surface area contributed by atoms with E-state index >= 15 is 0 Å². The number of amides is 3. The van der Waals surface area contributed by atoms with Crippen LogP contribution in [0.25, 0.3) is 0 Å². The smallest absolute Gasteiger partial charge is 0.243 e. The molecule has 1 aliphatic rings. The molecule has 0 spiro atoms. The van der Waals surface area contributed by atoms with Crippen molar-refractivity contribution >= 4 is 29.5 Å². The van der Waals surface area contributed by atoms with Crippen molar-refractivity contribution in [2.24, 2.45) is 11.8 Å². The Morgan fingerprint density at radius 2 is 1.88 bits per heavy atom. The predicted octanol–water partition coefficient (Wildman–Crippen LogP) is 3.42. The number of hydrogen-bond donors (Lipinski definition) is 2. The number of nitrogens with zero attached hydrogens (tertiary/aromatic N) is 1. The molecular weight excluding hydrogens is 424 g/mol. The number of carbonyl (C=O) groups is 3. The van der Waals surface area contributed by atoms with Gasteiger partial charge < -0.3 is 10.4 Å². The molecule has 7 heteroatoms. The van der Waals surface area contributed by atoms with Crippen molar-refractivity contribution in [2.45, 2.75) is 44.0 Å². The SMILES string of the molecule is CNC(=O)[C@H](Cc1ccccc1)N1C(=O)C[C@@H](CSc2ccc(O)cc2CC(C)C)C1=O. The lowest BCUT2D eigenvalue weighted by molar-refractivity contribution is -0.147. The van der Waals surface area contributed by atoms with Crippen molar-refractivity contribution < 1.29 is 19.5 Å². The molecule has 0 bridgehead atoms. The third-order valence-corrected chi connectivity index (χ3v) is 6.80. The van der Waals surface area contributed by atoms with E-state index < -0.39 is 12.0 Å². The minimum absolute atomic E-state index is 0.103. The Morgan fingerprint density at radius 1 is 1.16 bits per heavy atom. The Morgan fingerprint density at radius 3 is 2.53 bits per heavy atom. The van der Waals surface area contributed by atoms with Gasteiger partial charge in [-0.05, 0) is 41.7 Å². The number of imide groups is 1. The first-order valence-corrected chi connectivity index (χ1v) is 11.8. The zero-order valence-electron chi connectivity index (χ0n) is 18.7. The Kier molecular flexibility index (Phi) is 7.96. The van der Waals surface area contributed by atoms with Gasteiger partial charge in [-0.1, -0.05) is 44.2 Å². The molecule has 2 N–H and O–H groups in total. The second-order valence-electron chi connectivity index (χ2n) is 8.52. The summed E-state index contributed by atoms with van der Waals surface area (Å²) in [7, 11) is 1.51. The Hall–Kier alpha value is -2.80. The fourth-order valence-corrected chi connectivity index (χ4v) is 5.11. The van der Waals surface area contributed by atoms with Crippen LogP contribution < -0.4 is 5.32 Å². The lowest BCUT2D eigenvalue weighted by Gasteiger charge is -2.25. The first kappa shape index (κ1) is 23.9. The maximum atomic E-state index is 13.2. The van der Waals surface area contributed by atoms with Crippen molar-refractivity contribution in [3.8, 4) is 5.75 Å². The van der Waals surface area contributed by atoms with Crippen molar-refractivity contribution in [2.75, 3.05) is 12.8 Å². The number of likely N-dealkylation sites (N-methyl/N-ethyl adjacent to an activating group) is 1. The standard InChI is InChI=1S/C25H30N2O4S/c1-16(2)11-18-13-20(28)9-10-22(18)32-15-19-14-23(29)27(25(19)31)21(24(30)26-3)12-17-7-5-4-6-8-17/h4-10,13,16,19,21,28H,11-12,14-15H2,1-3H3,(H,26,30)/t19-,21-/m0/s1. The Labute approximate surface area is 193 Å². The molecule has 1 saturated heterocycles. The van der Waals surface area contributed by atoms with E-state index in [2.05, 4.69) is 19.2 Å². The fourth-order valence-electron chi connectivity index (χ4n) is 3.98. The molecule has 2 atom stereocenters. The maximum Gasteiger partial charge on any atom is 0.243 e. The van der Waals surface area contributed by atoms with Crippen molar-refractivity contribution in [1.82, 2.24) is 10.2 Å². The van der Waals surface area contributed by atoms with Crippen LogP contribution in [0.4, 0.5) is 0 Å². The van der Waals surface area contributed by atoms with Crippen LogP contribution >= 0.6 is 11.8 Å². The van der Waals surface area contributed by atoms with E-state index in [1.54, 1.807) is 12.1 Å². The normalized spacial score (nSPS) is 17.1. The molecule has 0 saturated carbocycles. The summed E-state index contributed by atoms with van der Waals surface area (Å²) in [4.78, 5) is 40.7. The number of nitrogens with one attached hydrogen (secondary N) is 1. The van der Waals surface area contributed by atoms with Gasteiger partial charge in [0.25, 0.3) is 0 Å². The average Bonchev–Trinajstić information content (AvgIpc) is 3.04. The van der Waals surface area contributed by atoms with Crippen LogP contribution in [-0.4, -0.2) is 46.6 Å². The molecule has 3 rings (SSSR count). The summed E-state index contributed by atoms with van der Waals surface area (Å²) in [5, 5.41) is 12.4. The fraction of sp³-hybridized carbons (Fsp3) is 0.400. The van der Waals surface area contributed by atoms with Gasteiger partial charge in [0.15, 0.2) is 0 Å². The molecule has 0 aromatic heterocycles. The molecule has 0 radical (unpaired) electrons. The molecule has 6 nitrogen and oxygen atoms in total. The van der Waals surface area contributed by atoms with Crippen LogP contribution in [0.1, 0.15) is 31.4 Å². The van der Waals surface area contributed by atoms with Gasteiger partial charge in [0.2, 0.25) is 17.7 Å². The van der Waals surface area contributed by atoms with Gasteiger partial charge >= 0.3 is 0 Å². The van der Waals surface area contributed by atoms with Crippen LogP contribution in [0.5, 0.6) is 5.75 Å². The minimum atomic E-state index is -0.859. The monoisotopic (exact) mass is 454 g/mol. The zero-order chi connectivity index (χ0) is 23.3. The van der Waals surface area contributed by atoms with E-state index in [9.17, 15) is 19.5 Å². The number of aromatic hydroxyl groups is 1. The molecule has 0 aliphatic carbocycles. The number of phenols is 1. The third kappa shape index (κ3) is 5.71.